The molecule has 0 amide bonds. The molecule has 0 unspecified atom stereocenters. The number of benzene rings is 1. The van der Waals surface area contributed by atoms with Gasteiger partial charge >= 0.3 is 0 Å². The maximum absolute atomic E-state index is 6.24. The first kappa shape index (κ1) is 16.9. The Balaban J connectivity index is 0.00000176. The lowest BCUT2D eigenvalue weighted by Crippen LogP contribution is -2.50. The van der Waals surface area contributed by atoms with Crippen molar-refractivity contribution < 1.29 is 0 Å². The molecule has 1 aromatic carbocycles. The fraction of sp³-hybridized carbons (Fsp3) is 0.500. The van der Waals surface area contributed by atoms with E-state index >= 15 is 0 Å². The first-order valence-corrected chi connectivity index (χ1v) is 8.06. The predicted octanol–water partition coefficient (Wildman–Crippen LogP) is 3.54. The van der Waals surface area contributed by atoms with Crippen LogP contribution in [0.5, 0.6) is 0 Å². The second kappa shape index (κ2) is 7.68. The SMILES string of the molecule is C/C=C/[C@H]1C[C@H]2CC[C@H](CCc3ccccc3)N2C(N)=N1.Cl. The predicted molar refractivity (Wildman–Crippen MR) is 95.5 cm³/mol. The van der Waals surface area contributed by atoms with Gasteiger partial charge < -0.3 is 10.6 Å². The molecule has 2 aliphatic rings. The number of nitrogens with two attached hydrogens (primary N) is 1. The number of halogens is 1. The van der Waals surface area contributed by atoms with Crippen LogP contribution in [0.3, 0.4) is 0 Å². The van der Waals surface area contributed by atoms with Crippen molar-refractivity contribution in [3.63, 3.8) is 0 Å². The summed E-state index contributed by atoms with van der Waals surface area (Å²) in [5.74, 6) is 0.755. The summed E-state index contributed by atoms with van der Waals surface area (Å²) in [6.07, 6.45) is 10.2. The summed E-state index contributed by atoms with van der Waals surface area (Å²) < 4.78 is 0. The Morgan fingerprint density at radius 3 is 2.77 bits per heavy atom. The van der Waals surface area contributed by atoms with Crippen LogP contribution >= 0.6 is 12.4 Å². The lowest BCUT2D eigenvalue weighted by Gasteiger charge is -2.36. The summed E-state index contributed by atoms with van der Waals surface area (Å²) in [4.78, 5) is 7.05. The molecule has 0 aromatic heterocycles. The molecule has 0 spiro atoms. The van der Waals surface area contributed by atoms with Crippen LogP contribution in [0.4, 0.5) is 0 Å². The highest BCUT2D eigenvalue weighted by Crippen LogP contribution is 2.33. The van der Waals surface area contributed by atoms with Crippen molar-refractivity contribution in [3.05, 3.63) is 48.0 Å². The van der Waals surface area contributed by atoms with Crippen molar-refractivity contribution in [3.8, 4) is 0 Å². The van der Waals surface area contributed by atoms with Gasteiger partial charge in [-0.3, -0.25) is 0 Å². The molecule has 3 atom stereocenters. The zero-order chi connectivity index (χ0) is 14.7. The molecule has 0 bridgehead atoms. The Kier molecular flexibility index (Phi) is 5.90. The summed E-state index contributed by atoms with van der Waals surface area (Å²) in [6.45, 7) is 2.05. The number of aliphatic imine (C=N–C) groups is 1. The molecule has 0 saturated carbocycles. The fourth-order valence-corrected chi connectivity index (χ4v) is 3.74. The van der Waals surface area contributed by atoms with Crippen LogP contribution in [0.25, 0.3) is 0 Å². The Morgan fingerprint density at radius 2 is 2.05 bits per heavy atom. The Morgan fingerprint density at radius 1 is 1.27 bits per heavy atom. The van der Waals surface area contributed by atoms with Crippen LogP contribution in [-0.2, 0) is 6.42 Å². The highest BCUT2D eigenvalue weighted by atomic mass is 35.5. The molecule has 2 N–H and O–H groups in total. The minimum Gasteiger partial charge on any atom is -0.370 e. The van der Waals surface area contributed by atoms with Crippen molar-refractivity contribution >= 4 is 18.4 Å². The van der Waals surface area contributed by atoms with E-state index in [1.54, 1.807) is 0 Å². The number of rotatable bonds is 4. The number of allylic oxidation sites excluding steroid dienone is 1. The summed E-state index contributed by atoms with van der Waals surface area (Å²) in [6, 6.07) is 12.2. The molecular weight excluding hydrogens is 294 g/mol. The quantitative estimate of drug-likeness (QED) is 0.862. The minimum absolute atomic E-state index is 0. The molecule has 1 saturated heterocycles. The number of nitrogens with zero attached hydrogens (tertiary/aromatic N) is 2. The van der Waals surface area contributed by atoms with Gasteiger partial charge in [-0.05, 0) is 44.6 Å². The Hall–Kier alpha value is -1.48. The molecule has 0 radical (unpaired) electrons. The molecular formula is C18H26ClN3. The third-order valence-corrected chi connectivity index (χ3v) is 4.72. The van der Waals surface area contributed by atoms with Crippen LogP contribution in [0.1, 0.15) is 38.2 Å². The molecule has 0 aliphatic carbocycles. The maximum atomic E-state index is 6.24. The van der Waals surface area contributed by atoms with Gasteiger partial charge in [-0.15, -0.1) is 12.4 Å². The number of guanidine groups is 1. The zero-order valence-electron chi connectivity index (χ0n) is 13.2. The number of hydrogen-bond donors (Lipinski definition) is 1. The van der Waals surface area contributed by atoms with E-state index in [9.17, 15) is 0 Å². The number of fused-ring (bicyclic) bond motifs is 1. The van der Waals surface area contributed by atoms with Gasteiger partial charge in [0.1, 0.15) is 0 Å². The van der Waals surface area contributed by atoms with Crippen LogP contribution in [0.2, 0.25) is 0 Å². The van der Waals surface area contributed by atoms with Crippen LogP contribution in [0.15, 0.2) is 47.5 Å². The molecule has 2 aliphatic heterocycles. The van der Waals surface area contributed by atoms with Crippen LogP contribution in [-0.4, -0.2) is 29.0 Å². The van der Waals surface area contributed by atoms with Crippen molar-refractivity contribution in [1.29, 1.82) is 0 Å². The Labute approximate surface area is 139 Å². The monoisotopic (exact) mass is 319 g/mol. The largest absolute Gasteiger partial charge is 0.370 e. The van der Waals surface area contributed by atoms with Crippen molar-refractivity contribution in [1.82, 2.24) is 4.90 Å². The molecule has 3 rings (SSSR count). The third-order valence-electron chi connectivity index (χ3n) is 4.72. The highest BCUT2D eigenvalue weighted by Gasteiger charge is 2.38. The molecule has 3 nitrogen and oxygen atoms in total. The van der Waals surface area contributed by atoms with E-state index in [4.69, 9.17) is 5.73 Å². The topological polar surface area (TPSA) is 41.6 Å². The van der Waals surface area contributed by atoms with Crippen LogP contribution < -0.4 is 5.73 Å². The van der Waals surface area contributed by atoms with E-state index < -0.39 is 0 Å². The van der Waals surface area contributed by atoms with Crippen molar-refractivity contribution in [2.45, 2.75) is 57.2 Å². The second-order valence-electron chi connectivity index (χ2n) is 6.13. The molecule has 2 heterocycles. The van der Waals surface area contributed by atoms with E-state index in [0.717, 1.165) is 18.8 Å². The maximum Gasteiger partial charge on any atom is 0.192 e. The third kappa shape index (κ3) is 3.64. The summed E-state index contributed by atoms with van der Waals surface area (Å²) >= 11 is 0. The van der Waals surface area contributed by atoms with Gasteiger partial charge in [0, 0.05) is 12.1 Å². The molecule has 1 fully saturated rings. The first-order valence-electron chi connectivity index (χ1n) is 8.06. The van der Waals surface area contributed by atoms with Crippen LogP contribution in [0, 0.1) is 0 Å². The van der Waals surface area contributed by atoms with Crippen molar-refractivity contribution in [2.75, 3.05) is 0 Å². The molecule has 120 valence electrons. The van der Waals surface area contributed by atoms with Gasteiger partial charge in [0.05, 0.1) is 6.04 Å². The zero-order valence-corrected chi connectivity index (χ0v) is 14.0. The van der Waals surface area contributed by atoms with Gasteiger partial charge in [-0.1, -0.05) is 42.5 Å². The normalized spacial score (nSPS) is 27.4. The fourth-order valence-electron chi connectivity index (χ4n) is 3.74. The highest BCUT2D eigenvalue weighted by molar-refractivity contribution is 5.85. The average Bonchev–Trinajstić information content (AvgIpc) is 2.90. The smallest absolute Gasteiger partial charge is 0.192 e. The summed E-state index contributed by atoms with van der Waals surface area (Å²) in [5, 5.41) is 0. The van der Waals surface area contributed by atoms with E-state index in [0.29, 0.717) is 12.1 Å². The number of aryl methyl sites for hydroxylation is 1. The van der Waals surface area contributed by atoms with Gasteiger partial charge in [-0.25, -0.2) is 4.99 Å². The molecule has 1 aromatic rings. The van der Waals surface area contributed by atoms with E-state index in [1.165, 1.54) is 24.8 Å². The summed E-state index contributed by atoms with van der Waals surface area (Å²) in [5.41, 5.74) is 7.66. The molecule has 22 heavy (non-hydrogen) atoms. The van der Waals surface area contributed by atoms with E-state index in [-0.39, 0.29) is 18.4 Å². The summed E-state index contributed by atoms with van der Waals surface area (Å²) in [7, 11) is 0. The van der Waals surface area contributed by atoms with Gasteiger partial charge in [0.15, 0.2) is 5.96 Å². The first-order chi connectivity index (χ1) is 10.3. The average molecular weight is 320 g/mol. The second-order valence-corrected chi connectivity index (χ2v) is 6.13. The van der Waals surface area contributed by atoms with Gasteiger partial charge in [0.2, 0.25) is 0 Å². The standard InChI is InChI=1S/C18H25N3.ClH/c1-2-6-15-13-17-12-11-16(21(17)18(19)20-15)10-9-14-7-4-3-5-8-14;/h2-8,15-17H,9-13H2,1H3,(H2,19,20);1H/b6-2+;/t15-,16-,17+;/m0./s1. The van der Waals surface area contributed by atoms with E-state index in [2.05, 4.69) is 59.3 Å². The molecule has 4 heteroatoms. The Bertz CT molecular complexity index is 526. The van der Waals surface area contributed by atoms with Gasteiger partial charge in [0.25, 0.3) is 0 Å². The number of hydrogen-bond acceptors (Lipinski definition) is 3. The lowest BCUT2D eigenvalue weighted by atomic mass is 10.0. The van der Waals surface area contributed by atoms with E-state index in [1.807, 2.05) is 0 Å². The minimum atomic E-state index is 0. The van der Waals surface area contributed by atoms with Crippen molar-refractivity contribution in [2.24, 2.45) is 10.7 Å². The van der Waals surface area contributed by atoms with Gasteiger partial charge in [-0.2, -0.15) is 0 Å². The lowest BCUT2D eigenvalue weighted by molar-refractivity contribution is 0.264.